The topological polar surface area (TPSA) is 55.6 Å². The van der Waals surface area contributed by atoms with Crippen LogP contribution in [0.15, 0.2) is 46.9 Å². The van der Waals surface area contributed by atoms with Crippen LogP contribution in [0.2, 0.25) is 0 Å². The van der Waals surface area contributed by atoms with Gasteiger partial charge in [-0.2, -0.15) is 0 Å². The molecular weight excluding hydrogens is 347 g/mol. The number of carbonyl (C=O) groups is 1. The second-order valence-electron chi connectivity index (χ2n) is 6.71. The van der Waals surface area contributed by atoms with Crippen LogP contribution in [0.4, 0.5) is 14.9 Å². The highest BCUT2D eigenvalue weighted by Crippen LogP contribution is 2.30. The summed E-state index contributed by atoms with van der Waals surface area (Å²) in [5, 5.41) is 0. The minimum Gasteiger partial charge on any atom is -0.444 e. The minimum atomic E-state index is -0.449. The molecule has 138 valence electrons. The average Bonchev–Trinajstić information content (AvgIpc) is 3.16. The molecule has 1 aromatic heterocycles. The summed E-state index contributed by atoms with van der Waals surface area (Å²) in [7, 11) is 0. The van der Waals surface area contributed by atoms with E-state index in [4.69, 9.17) is 9.15 Å². The zero-order valence-electron chi connectivity index (χ0n) is 15.3. The second kappa shape index (κ2) is 6.54. The fourth-order valence-electron chi connectivity index (χ4n) is 3.11. The summed E-state index contributed by atoms with van der Waals surface area (Å²) in [4.78, 5) is 17.6. The van der Waals surface area contributed by atoms with E-state index < -0.39 is 11.9 Å². The fourth-order valence-corrected chi connectivity index (χ4v) is 3.11. The molecule has 1 aliphatic rings. The SMILES string of the molecule is Cc1nc(-c2ccc(-c3ccc(N4C[C@H](C)OC4=O)cc3F)cc2)oc1C. The first kappa shape index (κ1) is 17.3. The first-order chi connectivity index (χ1) is 12.9. The molecule has 0 N–H and O–H groups in total. The molecule has 0 spiro atoms. The van der Waals surface area contributed by atoms with Gasteiger partial charge in [-0.05, 0) is 56.7 Å². The Bertz CT molecular complexity index is 991. The quantitative estimate of drug-likeness (QED) is 0.646. The van der Waals surface area contributed by atoms with Crippen molar-refractivity contribution in [1.82, 2.24) is 4.98 Å². The van der Waals surface area contributed by atoms with Crippen LogP contribution < -0.4 is 4.90 Å². The van der Waals surface area contributed by atoms with E-state index in [1.165, 1.54) is 11.0 Å². The summed E-state index contributed by atoms with van der Waals surface area (Å²) in [5.41, 5.74) is 3.38. The summed E-state index contributed by atoms with van der Waals surface area (Å²) in [6, 6.07) is 12.1. The van der Waals surface area contributed by atoms with Crippen molar-refractivity contribution in [3.8, 4) is 22.6 Å². The molecule has 4 rings (SSSR count). The Morgan fingerprint density at radius 1 is 1.11 bits per heavy atom. The molecule has 1 aliphatic heterocycles. The average molecular weight is 366 g/mol. The van der Waals surface area contributed by atoms with E-state index in [1.54, 1.807) is 19.1 Å². The zero-order chi connectivity index (χ0) is 19.1. The standard InChI is InChI=1S/C21H19FN2O3/c1-12-11-24(21(25)26-12)17-8-9-18(19(22)10-17)15-4-6-16(7-5-15)20-23-13(2)14(3)27-20/h4-10,12H,11H2,1-3H3/t12-/m0/s1. The molecule has 0 bridgehead atoms. The lowest BCUT2D eigenvalue weighted by molar-refractivity contribution is 0.150. The van der Waals surface area contributed by atoms with Gasteiger partial charge in [-0.15, -0.1) is 0 Å². The van der Waals surface area contributed by atoms with Crippen molar-refractivity contribution < 1.29 is 18.3 Å². The van der Waals surface area contributed by atoms with Crippen molar-refractivity contribution in [2.24, 2.45) is 0 Å². The van der Waals surface area contributed by atoms with Gasteiger partial charge in [-0.1, -0.05) is 12.1 Å². The van der Waals surface area contributed by atoms with E-state index in [-0.39, 0.29) is 6.10 Å². The largest absolute Gasteiger partial charge is 0.444 e. The molecule has 1 amide bonds. The van der Waals surface area contributed by atoms with Gasteiger partial charge in [0, 0.05) is 11.1 Å². The summed E-state index contributed by atoms with van der Waals surface area (Å²) >= 11 is 0. The maximum Gasteiger partial charge on any atom is 0.414 e. The zero-order valence-corrected chi connectivity index (χ0v) is 15.3. The van der Waals surface area contributed by atoms with Crippen molar-refractivity contribution in [3.05, 3.63) is 59.7 Å². The Morgan fingerprint density at radius 3 is 2.37 bits per heavy atom. The first-order valence-electron chi connectivity index (χ1n) is 8.75. The van der Waals surface area contributed by atoms with Gasteiger partial charge in [0.25, 0.3) is 0 Å². The van der Waals surface area contributed by atoms with Crippen molar-refractivity contribution >= 4 is 11.8 Å². The number of anilines is 1. The molecule has 0 aliphatic carbocycles. The van der Waals surface area contributed by atoms with E-state index in [0.717, 1.165) is 22.6 Å². The smallest absolute Gasteiger partial charge is 0.414 e. The molecule has 0 radical (unpaired) electrons. The third-order valence-electron chi connectivity index (χ3n) is 4.70. The Labute approximate surface area is 156 Å². The lowest BCUT2D eigenvalue weighted by Crippen LogP contribution is -2.24. The molecule has 6 heteroatoms. The number of amides is 1. The lowest BCUT2D eigenvalue weighted by atomic mass is 10.0. The molecule has 27 heavy (non-hydrogen) atoms. The van der Waals surface area contributed by atoms with Gasteiger partial charge < -0.3 is 9.15 Å². The number of aryl methyl sites for hydroxylation is 2. The third-order valence-corrected chi connectivity index (χ3v) is 4.70. The summed E-state index contributed by atoms with van der Waals surface area (Å²) in [5.74, 6) is 0.940. The molecule has 0 unspecified atom stereocenters. The first-order valence-corrected chi connectivity index (χ1v) is 8.75. The Kier molecular flexibility index (Phi) is 4.18. The highest BCUT2D eigenvalue weighted by atomic mass is 19.1. The summed E-state index contributed by atoms with van der Waals surface area (Å²) < 4.78 is 25.4. The summed E-state index contributed by atoms with van der Waals surface area (Å²) in [6.45, 7) is 5.99. The van der Waals surface area contributed by atoms with Crippen LogP contribution in [0.1, 0.15) is 18.4 Å². The van der Waals surface area contributed by atoms with Gasteiger partial charge in [0.2, 0.25) is 5.89 Å². The van der Waals surface area contributed by atoms with Crippen LogP contribution in [0.5, 0.6) is 0 Å². The number of hydrogen-bond acceptors (Lipinski definition) is 4. The van der Waals surface area contributed by atoms with Gasteiger partial charge in [0.05, 0.1) is 17.9 Å². The van der Waals surface area contributed by atoms with Crippen molar-refractivity contribution in [3.63, 3.8) is 0 Å². The number of nitrogens with zero attached hydrogens (tertiary/aromatic N) is 2. The second-order valence-corrected chi connectivity index (χ2v) is 6.71. The van der Waals surface area contributed by atoms with Crippen molar-refractivity contribution in [2.45, 2.75) is 26.9 Å². The number of carbonyl (C=O) groups excluding carboxylic acids is 1. The maximum atomic E-state index is 14.7. The van der Waals surface area contributed by atoms with Gasteiger partial charge in [-0.25, -0.2) is 14.2 Å². The van der Waals surface area contributed by atoms with Crippen molar-refractivity contribution in [2.75, 3.05) is 11.4 Å². The maximum absolute atomic E-state index is 14.7. The number of rotatable bonds is 3. The van der Waals surface area contributed by atoms with E-state index in [2.05, 4.69) is 4.98 Å². The predicted octanol–water partition coefficient (Wildman–Crippen LogP) is 5.11. The molecule has 1 fully saturated rings. The van der Waals surface area contributed by atoms with Gasteiger partial charge >= 0.3 is 6.09 Å². The van der Waals surface area contributed by atoms with Gasteiger partial charge in [0.1, 0.15) is 17.7 Å². The Hall–Kier alpha value is -3.15. The van der Waals surface area contributed by atoms with Crippen LogP contribution in [-0.2, 0) is 4.74 Å². The number of oxazole rings is 1. The molecule has 2 aromatic carbocycles. The Balaban J connectivity index is 1.61. The van der Waals surface area contributed by atoms with Crippen LogP contribution >= 0.6 is 0 Å². The molecule has 5 nitrogen and oxygen atoms in total. The molecule has 3 aromatic rings. The number of hydrogen-bond donors (Lipinski definition) is 0. The van der Waals surface area contributed by atoms with Crippen LogP contribution in [-0.4, -0.2) is 23.7 Å². The highest BCUT2D eigenvalue weighted by Gasteiger charge is 2.29. The number of ether oxygens (including phenoxy) is 1. The van der Waals surface area contributed by atoms with Crippen LogP contribution in [0.25, 0.3) is 22.6 Å². The number of aromatic nitrogens is 1. The normalized spacial score (nSPS) is 16.7. The number of cyclic esters (lactones) is 1. The molecule has 2 heterocycles. The van der Waals surface area contributed by atoms with Gasteiger partial charge in [0.15, 0.2) is 0 Å². The molecule has 0 saturated carbocycles. The lowest BCUT2D eigenvalue weighted by Gasteiger charge is -2.14. The van der Waals surface area contributed by atoms with Gasteiger partial charge in [-0.3, -0.25) is 4.90 Å². The molecule has 1 atom stereocenters. The van der Waals surface area contributed by atoms with E-state index in [0.29, 0.717) is 23.7 Å². The minimum absolute atomic E-state index is 0.199. The van der Waals surface area contributed by atoms with Crippen LogP contribution in [0.3, 0.4) is 0 Å². The third kappa shape index (κ3) is 3.18. The monoisotopic (exact) mass is 366 g/mol. The molecular formula is C21H19FN2O3. The summed E-state index contributed by atoms with van der Waals surface area (Å²) in [6.07, 6.45) is -0.647. The predicted molar refractivity (Wildman–Crippen MR) is 100 cm³/mol. The Morgan fingerprint density at radius 2 is 1.81 bits per heavy atom. The van der Waals surface area contributed by atoms with E-state index in [9.17, 15) is 9.18 Å². The van der Waals surface area contributed by atoms with E-state index in [1.807, 2.05) is 38.1 Å². The fraction of sp³-hybridized carbons (Fsp3) is 0.238. The van der Waals surface area contributed by atoms with Crippen LogP contribution in [0, 0.1) is 19.7 Å². The number of benzene rings is 2. The number of halogens is 1. The molecule has 1 saturated heterocycles. The highest BCUT2D eigenvalue weighted by molar-refractivity contribution is 5.90. The van der Waals surface area contributed by atoms with Crippen molar-refractivity contribution in [1.29, 1.82) is 0 Å². The van der Waals surface area contributed by atoms with E-state index >= 15 is 0 Å².